The fourth-order valence-electron chi connectivity index (χ4n) is 1.29. The summed E-state index contributed by atoms with van der Waals surface area (Å²) in [6, 6.07) is 4.86. The number of amides is 1. The van der Waals surface area contributed by atoms with Crippen molar-refractivity contribution in [2.45, 2.75) is 6.04 Å². The highest BCUT2D eigenvalue weighted by Crippen LogP contribution is 2.20. The van der Waals surface area contributed by atoms with Crippen LogP contribution in [0.3, 0.4) is 0 Å². The van der Waals surface area contributed by atoms with Crippen LogP contribution < -0.4 is 5.32 Å². The van der Waals surface area contributed by atoms with Gasteiger partial charge in [-0.25, -0.2) is 0 Å². The molecule has 0 saturated carbocycles. The highest BCUT2D eigenvalue weighted by atomic mass is 79.9. The predicted molar refractivity (Wildman–Crippen MR) is 72.1 cm³/mol. The van der Waals surface area contributed by atoms with E-state index in [1.165, 1.54) is 7.11 Å². The summed E-state index contributed by atoms with van der Waals surface area (Å²) >= 11 is 6.62. The summed E-state index contributed by atoms with van der Waals surface area (Å²) in [5, 5.41) is 11.7. The van der Waals surface area contributed by atoms with Gasteiger partial charge in [-0.3, -0.25) is 4.79 Å². The Labute approximate surface area is 117 Å². The van der Waals surface area contributed by atoms with Gasteiger partial charge in [-0.2, -0.15) is 0 Å². The molecule has 0 bridgehead atoms. The number of hydrogen-bond donors (Lipinski definition) is 2. The predicted octanol–water partition coefficient (Wildman–Crippen LogP) is 1.95. The Morgan fingerprint density at radius 2 is 2.00 bits per heavy atom. The molecular weight excluding hydrogens is 354 g/mol. The van der Waals surface area contributed by atoms with E-state index in [0.717, 1.165) is 8.95 Å². The van der Waals surface area contributed by atoms with Crippen molar-refractivity contribution in [3.05, 3.63) is 32.7 Å². The lowest BCUT2D eigenvalue weighted by Gasteiger charge is -2.15. The van der Waals surface area contributed by atoms with E-state index in [1.54, 1.807) is 12.1 Å². The zero-order valence-electron chi connectivity index (χ0n) is 9.24. The van der Waals surface area contributed by atoms with Gasteiger partial charge in [0.2, 0.25) is 0 Å². The van der Waals surface area contributed by atoms with Gasteiger partial charge >= 0.3 is 0 Å². The minimum atomic E-state index is -0.398. The van der Waals surface area contributed by atoms with Crippen LogP contribution >= 0.6 is 31.9 Å². The maximum absolute atomic E-state index is 11.9. The van der Waals surface area contributed by atoms with Crippen LogP contribution in [0.4, 0.5) is 0 Å². The Balaban J connectivity index is 2.75. The van der Waals surface area contributed by atoms with Crippen LogP contribution in [-0.4, -0.2) is 37.4 Å². The van der Waals surface area contributed by atoms with Crippen LogP contribution in [0.25, 0.3) is 0 Å². The Kier molecular flexibility index (Phi) is 6.11. The first-order valence-corrected chi connectivity index (χ1v) is 6.52. The zero-order valence-corrected chi connectivity index (χ0v) is 12.4. The standard InChI is InChI=1S/C11H13Br2NO3/c1-17-6-10(5-15)14-11(16)7-2-8(12)4-9(13)3-7/h2-4,10,15H,5-6H2,1H3,(H,14,16). The van der Waals surface area contributed by atoms with E-state index in [1.807, 2.05) is 6.07 Å². The number of halogens is 2. The van der Waals surface area contributed by atoms with E-state index < -0.39 is 6.04 Å². The van der Waals surface area contributed by atoms with E-state index in [-0.39, 0.29) is 19.1 Å². The molecule has 1 rings (SSSR count). The van der Waals surface area contributed by atoms with Gasteiger partial charge in [0.25, 0.3) is 5.91 Å². The Hall–Kier alpha value is -0.430. The molecule has 1 aromatic rings. The molecule has 0 aliphatic carbocycles. The summed E-state index contributed by atoms with van der Waals surface area (Å²) in [6.45, 7) is 0.117. The molecule has 1 atom stereocenters. The van der Waals surface area contributed by atoms with Gasteiger partial charge in [0, 0.05) is 21.6 Å². The number of methoxy groups -OCH3 is 1. The molecule has 0 aromatic heterocycles. The van der Waals surface area contributed by atoms with E-state index >= 15 is 0 Å². The van der Waals surface area contributed by atoms with Crippen molar-refractivity contribution in [3.8, 4) is 0 Å². The maximum atomic E-state index is 11.9. The third-order valence-corrected chi connectivity index (χ3v) is 2.96. The second-order valence-electron chi connectivity index (χ2n) is 3.47. The van der Waals surface area contributed by atoms with Crippen molar-refractivity contribution in [2.24, 2.45) is 0 Å². The van der Waals surface area contributed by atoms with Crippen molar-refractivity contribution in [2.75, 3.05) is 20.3 Å². The largest absolute Gasteiger partial charge is 0.394 e. The van der Waals surface area contributed by atoms with Gasteiger partial charge in [0.15, 0.2) is 0 Å². The van der Waals surface area contributed by atoms with Crippen molar-refractivity contribution in [1.29, 1.82) is 0 Å². The first-order chi connectivity index (χ1) is 8.06. The summed E-state index contributed by atoms with van der Waals surface area (Å²) in [4.78, 5) is 11.9. The monoisotopic (exact) mass is 365 g/mol. The van der Waals surface area contributed by atoms with E-state index in [0.29, 0.717) is 5.56 Å². The molecule has 0 aliphatic heterocycles. The van der Waals surface area contributed by atoms with Crippen molar-refractivity contribution >= 4 is 37.8 Å². The Morgan fingerprint density at radius 3 is 2.47 bits per heavy atom. The normalized spacial score (nSPS) is 12.2. The number of ether oxygens (including phenoxy) is 1. The molecule has 0 spiro atoms. The summed E-state index contributed by atoms with van der Waals surface area (Å²) in [5.74, 6) is -0.247. The quantitative estimate of drug-likeness (QED) is 0.837. The van der Waals surface area contributed by atoms with Gasteiger partial charge in [-0.05, 0) is 18.2 Å². The van der Waals surface area contributed by atoms with E-state index in [9.17, 15) is 4.79 Å². The summed E-state index contributed by atoms with van der Waals surface area (Å²) in [5.41, 5.74) is 0.515. The second kappa shape index (κ2) is 7.10. The smallest absolute Gasteiger partial charge is 0.251 e. The number of aliphatic hydroxyl groups excluding tert-OH is 1. The highest BCUT2D eigenvalue weighted by Gasteiger charge is 2.13. The molecule has 4 nitrogen and oxygen atoms in total. The molecule has 2 N–H and O–H groups in total. The third kappa shape index (κ3) is 4.75. The van der Waals surface area contributed by atoms with Crippen molar-refractivity contribution in [1.82, 2.24) is 5.32 Å². The van der Waals surface area contributed by atoms with Crippen LogP contribution in [0.1, 0.15) is 10.4 Å². The number of rotatable bonds is 5. The fraction of sp³-hybridized carbons (Fsp3) is 0.364. The van der Waals surface area contributed by atoms with Crippen molar-refractivity contribution < 1.29 is 14.6 Å². The SMILES string of the molecule is COCC(CO)NC(=O)c1cc(Br)cc(Br)c1. The van der Waals surface area contributed by atoms with Gasteiger partial charge in [0.1, 0.15) is 0 Å². The van der Waals surface area contributed by atoms with Crippen LogP contribution in [0, 0.1) is 0 Å². The molecule has 0 fully saturated rings. The molecule has 0 aliphatic rings. The lowest BCUT2D eigenvalue weighted by atomic mass is 10.2. The van der Waals surface area contributed by atoms with Gasteiger partial charge in [-0.1, -0.05) is 31.9 Å². The number of benzene rings is 1. The molecule has 0 heterocycles. The maximum Gasteiger partial charge on any atom is 0.251 e. The molecular formula is C11H13Br2NO3. The zero-order chi connectivity index (χ0) is 12.8. The Morgan fingerprint density at radius 1 is 1.41 bits per heavy atom. The minimum Gasteiger partial charge on any atom is -0.394 e. The van der Waals surface area contributed by atoms with Crippen molar-refractivity contribution in [3.63, 3.8) is 0 Å². The highest BCUT2D eigenvalue weighted by molar-refractivity contribution is 9.11. The second-order valence-corrected chi connectivity index (χ2v) is 5.30. The summed E-state index contributed by atoms with van der Waals surface area (Å²) in [7, 11) is 1.52. The molecule has 0 radical (unpaired) electrons. The van der Waals surface area contributed by atoms with Gasteiger partial charge < -0.3 is 15.2 Å². The molecule has 94 valence electrons. The number of carbonyl (C=O) groups is 1. The lowest BCUT2D eigenvalue weighted by Crippen LogP contribution is -2.40. The van der Waals surface area contributed by atoms with Crippen LogP contribution in [0.2, 0.25) is 0 Å². The fourth-order valence-corrected chi connectivity index (χ4v) is 2.59. The number of aliphatic hydroxyl groups is 1. The minimum absolute atomic E-state index is 0.158. The first-order valence-electron chi connectivity index (χ1n) is 4.93. The number of nitrogens with one attached hydrogen (secondary N) is 1. The lowest BCUT2D eigenvalue weighted by molar-refractivity contribution is 0.0839. The van der Waals surface area contributed by atoms with Gasteiger partial charge in [-0.15, -0.1) is 0 Å². The third-order valence-electron chi connectivity index (χ3n) is 2.05. The van der Waals surface area contributed by atoms with Crippen LogP contribution in [-0.2, 0) is 4.74 Å². The number of carbonyl (C=O) groups excluding carboxylic acids is 1. The number of hydrogen-bond acceptors (Lipinski definition) is 3. The molecule has 1 aromatic carbocycles. The van der Waals surface area contributed by atoms with E-state index in [2.05, 4.69) is 37.2 Å². The van der Waals surface area contributed by atoms with E-state index in [4.69, 9.17) is 9.84 Å². The molecule has 17 heavy (non-hydrogen) atoms. The van der Waals surface area contributed by atoms with Crippen LogP contribution in [0.5, 0.6) is 0 Å². The molecule has 0 saturated heterocycles. The van der Waals surface area contributed by atoms with Crippen LogP contribution in [0.15, 0.2) is 27.1 Å². The average Bonchev–Trinajstić information content (AvgIpc) is 2.27. The summed E-state index contributed by atoms with van der Waals surface area (Å²) in [6.07, 6.45) is 0. The molecule has 6 heteroatoms. The molecule has 1 amide bonds. The molecule has 1 unspecified atom stereocenters. The summed E-state index contributed by atoms with van der Waals surface area (Å²) < 4.78 is 6.50. The topological polar surface area (TPSA) is 58.6 Å². The first kappa shape index (κ1) is 14.6. The van der Waals surface area contributed by atoms with Gasteiger partial charge in [0.05, 0.1) is 19.3 Å². The average molecular weight is 367 g/mol. The Bertz CT molecular complexity index is 378.